The molecular weight excluding hydrogens is 288 g/mol. The van der Waals surface area contributed by atoms with Gasteiger partial charge in [-0.15, -0.1) is 0 Å². The molecule has 2 aliphatic rings. The van der Waals surface area contributed by atoms with Crippen molar-refractivity contribution in [3.8, 4) is 0 Å². The van der Waals surface area contributed by atoms with E-state index in [1.54, 1.807) is 0 Å². The molecule has 3 nitrogen and oxygen atoms in total. The van der Waals surface area contributed by atoms with Gasteiger partial charge in [-0.1, -0.05) is 34.3 Å². The molecular formula is C20H34O3. The molecule has 0 amide bonds. The minimum Gasteiger partial charge on any atom is -0.481 e. The molecule has 2 N–H and O–H groups in total. The Morgan fingerprint density at radius 2 is 2.00 bits per heavy atom. The Balaban J connectivity index is 2.17. The summed E-state index contributed by atoms with van der Waals surface area (Å²) in [5.41, 5.74) is 1.28. The monoisotopic (exact) mass is 322 g/mol. The molecule has 2 aliphatic carbocycles. The van der Waals surface area contributed by atoms with Crippen LogP contribution in [0.15, 0.2) is 12.2 Å². The van der Waals surface area contributed by atoms with Crippen LogP contribution in [0.2, 0.25) is 0 Å². The summed E-state index contributed by atoms with van der Waals surface area (Å²) >= 11 is 0. The number of hydrogen-bond donors (Lipinski definition) is 2. The summed E-state index contributed by atoms with van der Waals surface area (Å²) in [6.07, 6.45) is 6.13. The minimum absolute atomic E-state index is 0.0367. The number of hydrogen-bond acceptors (Lipinski definition) is 2. The van der Waals surface area contributed by atoms with Crippen LogP contribution < -0.4 is 0 Å². The van der Waals surface area contributed by atoms with Crippen molar-refractivity contribution >= 4 is 5.97 Å². The molecule has 2 fully saturated rings. The Morgan fingerprint density at radius 1 is 1.35 bits per heavy atom. The Kier molecular flexibility index (Phi) is 5.30. The van der Waals surface area contributed by atoms with Gasteiger partial charge in [0.15, 0.2) is 0 Å². The van der Waals surface area contributed by atoms with Crippen molar-refractivity contribution in [2.24, 2.45) is 28.6 Å². The van der Waals surface area contributed by atoms with E-state index in [0.29, 0.717) is 11.8 Å². The van der Waals surface area contributed by atoms with Crippen LogP contribution in [0.5, 0.6) is 0 Å². The molecule has 23 heavy (non-hydrogen) atoms. The molecule has 0 aromatic heterocycles. The number of aliphatic hydroxyl groups excluding tert-OH is 1. The number of aliphatic hydroxyl groups is 1. The van der Waals surface area contributed by atoms with Gasteiger partial charge in [-0.2, -0.15) is 0 Å². The summed E-state index contributed by atoms with van der Waals surface area (Å²) in [6.45, 7) is 13.4. The highest BCUT2D eigenvalue weighted by Crippen LogP contribution is 2.62. The molecule has 0 radical (unpaired) electrons. The van der Waals surface area contributed by atoms with Crippen molar-refractivity contribution in [1.29, 1.82) is 0 Å². The van der Waals surface area contributed by atoms with Gasteiger partial charge in [-0.25, -0.2) is 0 Å². The van der Waals surface area contributed by atoms with Gasteiger partial charge in [0.2, 0.25) is 0 Å². The summed E-state index contributed by atoms with van der Waals surface area (Å²) in [7, 11) is 0. The first-order valence-electron chi connectivity index (χ1n) is 9.20. The van der Waals surface area contributed by atoms with Crippen molar-refractivity contribution in [2.75, 3.05) is 0 Å². The second-order valence-electron chi connectivity index (χ2n) is 8.78. The molecule has 0 saturated heterocycles. The standard InChI is InChI=1S/C20H34O3/c1-13(12-18(22)23)8-10-19(4)14(2)9-11-20(5)15(3)16(21)6-7-17(19)20/h13-14,16-17,21H,3,6-12H2,1-2,4-5H3,(H,22,23)/t13-,14-,16+,17-,19+,20+/m1/s1. The van der Waals surface area contributed by atoms with Gasteiger partial charge < -0.3 is 10.2 Å². The minimum atomic E-state index is -0.696. The fraction of sp³-hybridized carbons (Fsp3) is 0.850. The van der Waals surface area contributed by atoms with E-state index in [0.717, 1.165) is 37.7 Å². The lowest BCUT2D eigenvalue weighted by atomic mass is 9.45. The smallest absolute Gasteiger partial charge is 0.303 e. The average molecular weight is 322 g/mol. The topological polar surface area (TPSA) is 57.5 Å². The zero-order valence-electron chi connectivity index (χ0n) is 15.3. The third-order valence-electron chi connectivity index (χ3n) is 7.35. The van der Waals surface area contributed by atoms with E-state index in [9.17, 15) is 9.90 Å². The highest BCUT2D eigenvalue weighted by molar-refractivity contribution is 5.66. The number of fused-ring (bicyclic) bond motifs is 1. The predicted octanol–water partition coefficient (Wildman–Crippen LogP) is 4.65. The van der Waals surface area contributed by atoms with E-state index in [4.69, 9.17) is 5.11 Å². The number of carbonyl (C=O) groups is 1. The fourth-order valence-electron chi connectivity index (χ4n) is 5.38. The highest BCUT2D eigenvalue weighted by atomic mass is 16.4. The zero-order chi connectivity index (χ0) is 17.4. The fourth-order valence-corrected chi connectivity index (χ4v) is 5.38. The van der Waals surface area contributed by atoms with Crippen LogP contribution in [-0.2, 0) is 4.79 Å². The van der Waals surface area contributed by atoms with Crippen molar-refractivity contribution < 1.29 is 15.0 Å². The van der Waals surface area contributed by atoms with Gasteiger partial charge in [0.25, 0.3) is 0 Å². The molecule has 2 rings (SSSR count). The molecule has 0 unspecified atom stereocenters. The molecule has 0 aromatic carbocycles. The van der Waals surface area contributed by atoms with E-state index in [2.05, 4.69) is 27.4 Å². The van der Waals surface area contributed by atoms with Crippen molar-refractivity contribution in [3.05, 3.63) is 12.2 Å². The predicted molar refractivity (Wildman–Crippen MR) is 93.1 cm³/mol. The van der Waals surface area contributed by atoms with Gasteiger partial charge >= 0.3 is 5.97 Å². The van der Waals surface area contributed by atoms with Crippen LogP contribution in [-0.4, -0.2) is 22.3 Å². The SMILES string of the molecule is C=C1[C@@H](O)CC[C@@H]2[C@@](C)(CC[C@@H](C)CC(=O)O)[C@H](C)CC[C@@]12C. The molecule has 0 heterocycles. The molecule has 0 aliphatic heterocycles. The molecule has 0 spiro atoms. The molecule has 0 bridgehead atoms. The average Bonchev–Trinajstić information content (AvgIpc) is 2.46. The van der Waals surface area contributed by atoms with E-state index in [1.807, 2.05) is 6.92 Å². The lowest BCUT2D eigenvalue weighted by molar-refractivity contribution is -0.138. The zero-order valence-corrected chi connectivity index (χ0v) is 15.3. The maximum atomic E-state index is 10.9. The number of carboxylic acid groups (broad SMARTS) is 1. The van der Waals surface area contributed by atoms with Crippen LogP contribution >= 0.6 is 0 Å². The van der Waals surface area contributed by atoms with Crippen molar-refractivity contribution in [1.82, 2.24) is 0 Å². The van der Waals surface area contributed by atoms with Crippen LogP contribution in [0.1, 0.15) is 72.6 Å². The Hall–Kier alpha value is -0.830. The summed E-state index contributed by atoms with van der Waals surface area (Å²) in [4.78, 5) is 10.9. The third kappa shape index (κ3) is 3.35. The molecule has 3 heteroatoms. The van der Waals surface area contributed by atoms with E-state index in [-0.39, 0.29) is 29.3 Å². The first-order valence-corrected chi connectivity index (χ1v) is 9.20. The van der Waals surface area contributed by atoms with Gasteiger partial charge in [0.1, 0.15) is 0 Å². The van der Waals surface area contributed by atoms with Crippen LogP contribution in [0.4, 0.5) is 0 Å². The number of carboxylic acids is 1. The third-order valence-corrected chi connectivity index (χ3v) is 7.35. The van der Waals surface area contributed by atoms with E-state index >= 15 is 0 Å². The Morgan fingerprint density at radius 3 is 2.61 bits per heavy atom. The van der Waals surface area contributed by atoms with Crippen LogP contribution in [0.25, 0.3) is 0 Å². The maximum absolute atomic E-state index is 10.9. The van der Waals surface area contributed by atoms with E-state index in [1.165, 1.54) is 6.42 Å². The Labute approximate surface area is 141 Å². The summed E-state index contributed by atoms with van der Waals surface area (Å²) in [6, 6.07) is 0. The first-order chi connectivity index (χ1) is 10.6. The Bertz CT molecular complexity index is 472. The largest absolute Gasteiger partial charge is 0.481 e. The number of rotatable bonds is 5. The van der Waals surface area contributed by atoms with Gasteiger partial charge in [-0.3, -0.25) is 4.79 Å². The van der Waals surface area contributed by atoms with Gasteiger partial charge in [0.05, 0.1) is 6.10 Å². The second kappa shape index (κ2) is 6.58. The molecule has 0 aromatic rings. The van der Waals surface area contributed by atoms with Crippen LogP contribution in [0.3, 0.4) is 0 Å². The molecule has 132 valence electrons. The lowest BCUT2D eigenvalue weighted by Crippen LogP contribution is -2.52. The molecule has 6 atom stereocenters. The second-order valence-corrected chi connectivity index (χ2v) is 8.78. The van der Waals surface area contributed by atoms with Crippen LogP contribution in [0, 0.1) is 28.6 Å². The van der Waals surface area contributed by atoms with E-state index < -0.39 is 5.97 Å². The van der Waals surface area contributed by atoms with Gasteiger partial charge in [-0.05, 0) is 72.7 Å². The maximum Gasteiger partial charge on any atom is 0.303 e. The quantitative estimate of drug-likeness (QED) is 0.725. The van der Waals surface area contributed by atoms with Gasteiger partial charge in [0, 0.05) is 6.42 Å². The summed E-state index contributed by atoms with van der Waals surface area (Å²) in [5.74, 6) is 0.716. The van der Waals surface area contributed by atoms with Crippen molar-refractivity contribution in [2.45, 2.75) is 78.7 Å². The summed E-state index contributed by atoms with van der Waals surface area (Å²) < 4.78 is 0. The normalized spacial score (nSPS) is 42.1. The molecule has 2 saturated carbocycles. The number of aliphatic carboxylic acids is 1. The summed E-state index contributed by atoms with van der Waals surface area (Å²) in [5, 5.41) is 19.3. The first kappa shape index (κ1) is 18.5. The highest BCUT2D eigenvalue weighted by Gasteiger charge is 2.55. The lowest BCUT2D eigenvalue weighted by Gasteiger charge is -2.59. The van der Waals surface area contributed by atoms with Crippen molar-refractivity contribution in [3.63, 3.8) is 0 Å².